The van der Waals surface area contributed by atoms with Crippen molar-refractivity contribution < 1.29 is 31.9 Å². The first-order valence-electron chi connectivity index (χ1n) is 8.71. The Morgan fingerprint density at radius 3 is 2.41 bits per heavy atom. The number of carbonyl (C=O) groups excluding carboxylic acids is 2. The fraction of sp³-hybridized carbons (Fsp3) is 0.200. The van der Waals surface area contributed by atoms with Crippen LogP contribution in [0.2, 0.25) is 0 Å². The van der Waals surface area contributed by atoms with Crippen LogP contribution in [0.1, 0.15) is 17.5 Å². The molecule has 0 unspecified atom stereocenters. The molecule has 0 spiro atoms. The lowest BCUT2D eigenvalue weighted by atomic mass is 10.2. The number of esters is 1. The molecule has 152 valence electrons. The van der Waals surface area contributed by atoms with Gasteiger partial charge in [0.25, 0.3) is 0 Å². The summed E-state index contributed by atoms with van der Waals surface area (Å²) < 4.78 is 40.5. The molecule has 1 N–H and O–H groups in total. The fourth-order valence-electron chi connectivity index (χ4n) is 2.72. The number of fused-ring (bicyclic) bond motifs is 1. The van der Waals surface area contributed by atoms with Crippen LogP contribution in [0, 0.1) is 0 Å². The van der Waals surface area contributed by atoms with Crippen LogP contribution in [-0.2, 0) is 19.4 Å². The Morgan fingerprint density at radius 1 is 1.07 bits per heavy atom. The topological polar surface area (TPSA) is 112 Å². The van der Waals surface area contributed by atoms with Gasteiger partial charge >= 0.3 is 5.97 Å². The Morgan fingerprint density at radius 2 is 1.76 bits per heavy atom. The third kappa shape index (κ3) is 4.40. The third-order valence-electron chi connectivity index (χ3n) is 4.06. The summed E-state index contributed by atoms with van der Waals surface area (Å²) in [6.45, 7) is 1.76. The minimum Gasteiger partial charge on any atom is -0.497 e. The van der Waals surface area contributed by atoms with Crippen molar-refractivity contribution in [1.82, 2.24) is 0 Å². The first kappa shape index (κ1) is 20.4. The molecular weight excluding hydrogens is 398 g/mol. The van der Waals surface area contributed by atoms with E-state index in [1.165, 1.54) is 31.4 Å². The highest BCUT2D eigenvalue weighted by Gasteiger charge is 2.26. The van der Waals surface area contributed by atoms with Crippen LogP contribution < -0.4 is 10.1 Å². The molecule has 0 aliphatic rings. The van der Waals surface area contributed by atoms with Gasteiger partial charge in [0, 0.05) is 5.39 Å². The minimum atomic E-state index is -3.90. The largest absolute Gasteiger partial charge is 0.497 e. The van der Waals surface area contributed by atoms with E-state index in [1.54, 1.807) is 31.2 Å². The summed E-state index contributed by atoms with van der Waals surface area (Å²) in [6, 6.07) is 12.4. The van der Waals surface area contributed by atoms with Gasteiger partial charge in [-0.1, -0.05) is 12.1 Å². The van der Waals surface area contributed by atoms with Gasteiger partial charge in [-0.15, -0.1) is 0 Å². The molecule has 0 saturated carbocycles. The molecule has 3 aromatic rings. The van der Waals surface area contributed by atoms with Crippen molar-refractivity contribution in [3.05, 3.63) is 54.3 Å². The van der Waals surface area contributed by atoms with Crippen molar-refractivity contribution >= 4 is 38.4 Å². The number of amides is 1. The number of hydrogen-bond donors (Lipinski definition) is 1. The van der Waals surface area contributed by atoms with Gasteiger partial charge in [0.15, 0.2) is 9.84 Å². The number of anilines is 1. The molecule has 0 aliphatic heterocycles. The zero-order chi connectivity index (χ0) is 21.0. The Balaban J connectivity index is 1.87. The number of hydrogen-bond acceptors (Lipinski definition) is 7. The lowest BCUT2D eigenvalue weighted by molar-refractivity contribution is -0.113. The molecule has 3 rings (SSSR count). The van der Waals surface area contributed by atoms with Crippen molar-refractivity contribution in [2.24, 2.45) is 0 Å². The molecule has 0 saturated heterocycles. The van der Waals surface area contributed by atoms with Crippen LogP contribution in [0.3, 0.4) is 0 Å². The minimum absolute atomic E-state index is 0.0175. The number of methoxy groups -OCH3 is 1. The van der Waals surface area contributed by atoms with Crippen molar-refractivity contribution in [2.45, 2.75) is 11.8 Å². The van der Waals surface area contributed by atoms with Gasteiger partial charge in [-0.25, -0.2) is 13.2 Å². The highest BCUT2D eigenvalue weighted by molar-refractivity contribution is 7.92. The van der Waals surface area contributed by atoms with Gasteiger partial charge in [-0.05, 0) is 43.3 Å². The summed E-state index contributed by atoms with van der Waals surface area (Å²) in [5.74, 6) is -2.06. The Kier molecular flexibility index (Phi) is 5.88. The first-order chi connectivity index (χ1) is 13.9. The number of ether oxygens (including phenoxy) is 2. The molecule has 1 amide bonds. The molecule has 0 radical (unpaired) electrons. The second-order valence-corrected chi connectivity index (χ2v) is 8.00. The van der Waals surface area contributed by atoms with Crippen molar-refractivity contribution in [1.29, 1.82) is 0 Å². The average molecular weight is 417 g/mol. The maximum atomic E-state index is 12.5. The number of para-hydroxylation sites is 1. The highest BCUT2D eigenvalue weighted by Crippen LogP contribution is 2.31. The lowest BCUT2D eigenvalue weighted by Gasteiger charge is -2.08. The van der Waals surface area contributed by atoms with E-state index in [1.807, 2.05) is 0 Å². The molecule has 1 aromatic heterocycles. The first-order valence-corrected chi connectivity index (χ1v) is 10.4. The zero-order valence-electron chi connectivity index (χ0n) is 15.8. The second-order valence-electron chi connectivity index (χ2n) is 6.01. The van der Waals surface area contributed by atoms with Crippen LogP contribution in [0.5, 0.6) is 5.75 Å². The standard InChI is InChI=1S/C20H19NO7S/c1-3-27-20(23)19-18(15-6-4-5-7-16(15)28-19)21-17(22)12-29(24,25)14-10-8-13(26-2)9-11-14/h4-11H,3,12H2,1-2H3,(H,21,22). The van der Waals surface area contributed by atoms with Gasteiger partial charge in [0.2, 0.25) is 11.7 Å². The highest BCUT2D eigenvalue weighted by atomic mass is 32.2. The Bertz CT molecular complexity index is 1150. The van der Waals surface area contributed by atoms with Crippen LogP contribution in [0.25, 0.3) is 11.0 Å². The molecular formula is C20H19NO7S. The number of benzene rings is 2. The van der Waals surface area contributed by atoms with Crippen molar-refractivity contribution in [3.8, 4) is 5.75 Å². The maximum Gasteiger partial charge on any atom is 0.376 e. The Labute approximate surface area is 167 Å². The molecule has 0 aliphatic carbocycles. The molecule has 0 atom stereocenters. The fourth-order valence-corrected chi connectivity index (χ4v) is 3.86. The van der Waals surface area contributed by atoms with E-state index >= 15 is 0 Å². The van der Waals surface area contributed by atoms with Crippen molar-refractivity contribution in [2.75, 3.05) is 24.8 Å². The monoisotopic (exact) mass is 417 g/mol. The summed E-state index contributed by atoms with van der Waals surface area (Å²) >= 11 is 0. The maximum absolute atomic E-state index is 12.5. The zero-order valence-corrected chi connectivity index (χ0v) is 16.6. The summed E-state index contributed by atoms with van der Waals surface area (Å²) in [5.41, 5.74) is 0.442. The summed E-state index contributed by atoms with van der Waals surface area (Å²) in [4.78, 5) is 24.7. The molecule has 2 aromatic carbocycles. The molecule has 9 heteroatoms. The number of rotatable bonds is 7. The van der Waals surface area contributed by atoms with Crippen molar-refractivity contribution in [3.63, 3.8) is 0 Å². The molecule has 29 heavy (non-hydrogen) atoms. The van der Waals surface area contributed by atoms with Gasteiger partial charge in [-0.3, -0.25) is 4.79 Å². The normalized spacial score (nSPS) is 11.2. The van der Waals surface area contributed by atoms with Gasteiger partial charge in [-0.2, -0.15) is 0 Å². The van der Waals surface area contributed by atoms with Gasteiger partial charge in [0.1, 0.15) is 22.8 Å². The van der Waals surface area contributed by atoms with Gasteiger partial charge in [0.05, 0.1) is 18.6 Å². The van der Waals surface area contributed by atoms with E-state index in [-0.39, 0.29) is 22.9 Å². The summed E-state index contributed by atoms with van der Waals surface area (Å²) in [5, 5.41) is 2.95. The summed E-state index contributed by atoms with van der Waals surface area (Å²) in [6.07, 6.45) is 0. The smallest absolute Gasteiger partial charge is 0.376 e. The van der Waals surface area contributed by atoms with E-state index in [0.29, 0.717) is 16.7 Å². The predicted octanol–water partition coefficient (Wildman–Crippen LogP) is 3.03. The Hall–Kier alpha value is -3.33. The predicted molar refractivity (Wildman–Crippen MR) is 106 cm³/mol. The van der Waals surface area contributed by atoms with Gasteiger partial charge < -0.3 is 19.2 Å². The molecule has 8 nitrogen and oxygen atoms in total. The lowest BCUT2D eigenvalue weighted by Crippen LogP contribution is -2.24. The SMILES string of the molecule is CCOC(=O)c1oc2ccccc2c1NC(=O)CS(=O)(=O)c1ccc(OC)cc1. The van der Waals surface area contributed by atoms with E-state index in [9.17, 15) is 18.0 Å². The quantitative estimate of drug-likeness (QED) is 0.588. The van der Waals surface area contributed by atoms with E-state index < -0.39 is 27.5 Å². The van der Waals surface area contributed by atoms with Crippen LogP contribution in [-0.4, -0.2) is 39.8 Å². The summed E-state index contributed by atoms with van der Waals surface area (Å²) in [7, 11) is -2.43. The van der Waals surface area contributed by atoms with Crippen LogP contribution in [0.4, 0.5) is 5.69 Å². The molecule has 1 heterocycles. The third-order valence-corrected chi connectivity index (χ3v) is 5.69. The number of nitrogens with one attached hydrogen (secondary N) is 1. The molecule has 0 fully saturated rings. The van der Waals surface area contributed by atoms with E-state index in [4.69, 9.17) is 13.9 Å². The number of sulfone groups is 1. The van der Waals surface area contributed by atoms with Crippen LogP contribution in [0.15, 0.2) is 57.8 Å². The van der Waals surface area contributed by atoms with E-state index in [0.717, 1.165) is 0 Å². The van der Waals surface area contributed by atoms with Crippen LogP contribution >= 0.6 is 0 Å². The second kappa shape index (κ2) is 8.36. The average Bonchev–Trinajstić information content (AvgIpc) is 3.06. The number of carbonyl (C=O) groups is 2. The molecule has 0 bridgehead atoms. The number of furan rings is 1. The van der Waals surface area contributed by atoms with E-state index in [2.05, 4.69) is 5.32 Å².